The van der Waals surface area contributed by atoms with Gasteiger partial charge in [-0.2, -0.15) is 0 Å². The normalized spacial score (nSPS) is 20.6. The van der Waals surface area contributed by atoms with Gasteiger partial charge in [-0.3, -0.25) is 0 Å². The van der Waals surface area contributed by atoms with Gasteiger partial charge in [-0.05, 0) is 25.9 Å². The zero-order valence-electron chi connectivity index (χ0n) is 9.75. The summed E-state index contributed by atoms with van der Waals surface area (Å²) in [6.45, 7) is 8.82. The molecule has 0 aromatic carbocycles. The van der Waals surface area contributed by atoms with Crippen LogP contribution in [0.1, 0.15) is 26.7 Å². The van der Waals surface area contributed by atoms with Crippen molar-refractivity contribution in [2.75, 3.05) is 33.4 Å². The molecule has 0 aromatic rings. The van der Waals surface area contributed by atoms with Crippen LogP contribution in [0.15, 0.2) is 0 Å². The predicted molar refractivity (Wildman–Crippen MR) is 59.6 cm³/mol. The van der Waals surface area contributed by atoms with Crippen molar-refractivity contribution >= 4 is 0 Å². The van der Waals surface area contributed by atoms with Gasteiger partial charge in [0.1, 0.15) is 0 Å². The van der Waals surface area contributed by atoms with Crippen molar-refractivity contribution in [1.82, 2.24) is 10.2 Å². The Morgan fingerprint density at radius 3 is 2.50 bits per heavy atom. The summed E-state index contributed by atoms with van der Waals surface area (Å²) in [4.78, 5) is 2.49. The molecule has 84 valence electrons. The van der Waals surface area contributed by atoms with Gasteiger partial charge in [0.15, 0.2) is 0 Å². The number of nitrogens with zero attached hydrogens (tertiary/aromatic N) is 1. The Morgan fingerprint density at radius 2 is 2.00 bits per heavy atom. The molecule has 1 rings (SSSR count). The van der Waals surface area contributed by atoms with E-state index in [9.17, 15) is 0 Å². The van der Waals surface area contributed by atoms with Crippen LogP contribution in [0.2, 0.25) is 0 Å². The van der Waals surface area contributed by atoms with E-state index in [-0.39, 0.29) is 0 Å². The van der Waals surface area contributed by atoms with Crippen molar-refractivity contribution in [2.24, 2.45) is 0 Å². The second-order valence-electron chi connectivity index (χ2n) is 4.43. The quantitative estimate of drug-likeness (QED) is 0.719. The van der Waals surface area contributed by atoms with Crippen molar-refractivity contribution in [3.63, 3.8) is 0 Å². The van der Waals surface area contributed by atoms with Crippen molar-refractivity contribution in [2.45, 2.75) is 38.8 Å². The summed E-state index contributed by atoms with van der Waals surface area (Å²) >= 11 is 0. The van der Waals surface area contributed by atoms with E-state index in [2.05, 4.69) is 24.1 Å². The number of hydrogen-bond donors (Lipinski definition) is 1. The zero-order chi connectivity index (χ0) is 10.4. The van der Waals surface area contributed by atoms with Gasteiger partial charge in [0.25, 0.3) is 0 Å². The smallest absolute Gasteiger partial charge is 0.0589 e. The highest BCUT2D eigenvalue weighted by molar-refractivity contribution is 4.78. The third-order valence-electron chi connectivity index (χ3n) is 2.77. The van der Waals surface area contributed by atoms with Crippen LogP contribution in [0.5, 0.6) is 0 Å². The summed E-state index contributed by atoms with van der Waals surface area (Å²) in [5, 5.41) is 3.60. The van der Waals surface area contributed by atoms with Crippen molar-refractivity contribution in [3.8, 4) is 0 Å². The van der Waals surface area contributed by atoms with Crippen LogP contribution in [0.4, 0.5) is 0 Å². The van der Waals surface area contributed by atoms with E-state index in [1.54, 1.807) is 7.11 Å². The predicted octanol–water partition coefficient (Wildman–Crippen LogP) is 1.10. The molecule has 1 heterocycles. The molecule has 0 unspecified atom stereocenters. The maximum atomic E-state index is 5.08. The minimum atomic E-state index is 0.616. The number of likely N-dealkylation sites (tertiary alicyclic amines) is 1. The van der Waals surface area contributed by atoms with E-state index in [0.29, 0.717) is 6.04 Å². The van der Waals surface area contributed by atoms with E-state index >= 15 is 0 Å². The minimum Gasteiger partial charge on any atom is -0.383 e. The van der Waals surface area contributed by atoms with Gasteiger partial charge in [-0.1, -0.05) is 13.8 Å². The molecule has 0 amide bonds. The number of methoxy groups -OCH3 is 1. The van der Waals surface area contributed by atoms with E-state index in [1.807, 2.05) is 0 Å². The highest BCUT2D eigenvalue weighted by Gasteiger charge is 2.18. The molecule has 0 aromatic heterocycles. The lowest BCUT2D eigenvalue weighted by molar-refractivity contribution is 0.125. The summed E-state index contributed by atoms with van der Waals surface area (Å²) in [6.07, 6.45) is 2.56. The highest BCUT2D eigenvalue weighted by Crippen LogP contribution is 2.10. The molecular weight excluding hydrogens is 176 g/mol. The van der Waals surface area contributed by atoms with E-state index in [4.69, 9.17) is 4.74 Å². The lowest BCUT2D eigenvalue weighted by Gasteiger charge is -2.33. The van der Waals surface area contributed by atoms with Crippen LogP contribution in [-0.4, -0.2) is 50.3 Å². The molecule has 0 spiro atoms. The number of nitrogens with one attached hydrogen (secondary N) is 1. The van der Waals surface area contributed by atoms with Crippen molar-refractivity contribution in [1.29, 1.82) is 0 Å². The molecule has 0 saturated carbocycles. The molecule has 1 N–H and O–H groups in total. The number of ether oxygens (including phenoxy) is 1. The SMILES string of the molecule is COCCN1CCC(NC(C)C)CC1. The molecule has 1 aliphatic rings. The zero-order valence-corrected chi connectivity index (χ0v) is 9.75. The summed E-state index contributed by atoms with van der Waals surface area (Å²) in [5.41, 5.74) is 0. The Morgan fingerprint density at radius 1 is 1.36 bits per heavy atom. The Labute approximate surface area is 87.8 Å². The first-order chi connectivity index (χ1) is 6.72. The largest absolute Gasteiger partial charge is 0.383 e. The molecule has 1 fully saturated rings. The number of hydrogen-bond acceptors (Lipinski definition) is 3. The summed E-state index contributed by atoms with van der Waals surface area (Å²) in [6, 6.07) is 1.35. The monoisotopic (exact) mass is 200 g/mol. The molecule has 1 saturated heterocycles. The number of piperidine rings is 1. The lowest BCUT2D eigenvalue weighted by Crippen LogP contribution is -2.45. The fourth-order valence-electron chi connectivity index (χ4n) is 2.02. The highest BCUT2D eigenvalue weighted by atomic mass is 16.5. The van der Waals surface area contributed by atoms with Gasteiger partial charge < -0.3 is 15.0 Å². The van der Waals surface area contributed by atoms with Gasteiger partial charge in [0, 0.05) is 25.7 Å². The lowest BCUT2D eigenvalue weighted by atomic mass is 10.0. The van der Waals surface area contributed by atoms with Crippen molar-refractivity contribution in [3.05, 3.63) is 0 Å². The molecule has 0 bridgehead atoms. The van der Waals surface area contributed by atoms with E-state index in [0.717, 1.165) is 19.2 Å². The Hall–Kier alpha value is -0.120. The molecular formula is C11H24N2O. The van der Waals surface area contributed by atoms with Crippen LogP contribution in [0.3, 0.4) is 0 Å². The maximum Gasteiger partial charge on any atom is 0.0589 e. The van der Waals surface area contributed by atoms with E-state index < -0.39 is 0 Å². The van der Waals surface area contributed by atoms with Gasteiger partial charge >= 0.3 is 0 Å². The third kappa shape index (κ3) is 4.40. The molecule has 0 radical (unpaired) electrons. The second kappa shape index (κ2) is 6.38. The van der Waals surface area contributed by atoms with Crippen LogP contribution >= 0.6 is 0 Å². The average Bonchev–Trinajstić information content (AvgIpc) is 2.16. The first kappa shape index (κ1) is 12.0. The standard InChI is InChI=1S/C11H24N2O/c1-10(2)12-11-4-6-13(7-5-11)8-9-14-3/h10-12H,4-9H2,1-3H3. The Kier molecular flexibility index (Phi) is 5.45. The second-order valence-corrected chi connectivity index (χ2v) is 4.43. The van der Waals surface area contributed by atoms with Gasteiger partial charge in [0.2, 0.25) is 0 Å². The van der Waals surface area contributed by atoms with Crippen LogP contribution in [-0.2, 0) is 4.74 Å². The summed E-state index contributed by atoms with van der Waals surface area (Å²) in [7, 11) is 1.77. The minimum absolute atomic E-state index is 0.616. The fourth-order valence-corrected chi connectivity index (χ4v) is 2.02. The van der Waals surface area contributed by atoms with Gasteiger partial charge in [-0.15, -0.1) is 0 Å². The molecule has 0 aliphatic carbocycles. The maximum absolute atomic E-state index is 5.08. The van der Waals surface area contributed by atoms with Crippen LogP contribution < -0.4 is 5.32 Å². The summed E-state index contributed by atoms with van der Waals surface area (Å²) in [5.74, 6) is 0. The fraction of sp³-hybridized carbons (Fsp3) is 1.00. The summed E-state index contributed by atoms with van der Waals surface area (Å²) < 4.78 is 5.08. The molecule has 1 aliphatic heterocycles. The molecule has 0 atom stereocenters. The van der Waals surface area contributed by atoms with E-state index in [1.165, 1.54) is 25.9 Å². The first-order valence-electron chi connectivity index (χ1n) is 5.69. The first-order valence-corrected chi connectivity index (χ1v) is 5.69. The van der Waals surface area contributed by atoms with Gasteiger partial charge in [-0.25, -0.2) is 0 Å². The molecule has 3 nitrogen and oxygen atoms in total. The Bertz CT molecular complexity index is 142. The number of rotatable bonds is 5. The molecule has 3 heteroatoms. The van der Waals surface area contributed by atoms with Crippen LogP contribution in [0.25, 0.3) is 0 Å². The Balaban J connectivity index is 2.11. The van der Waals surface area contributed by atoms with Crippen LogP contribution in [0, 0.1) is 0 Å². The average molecular weight is 200 g/mol. The van der Waals surface area contributed by atoms with Crippen molar-refractivity contribution < 1.29 is 4.74 Å². The van der Waals surface area contributed by atoms with Gasteiger partial charge in [0.05, 0.1) is 6.61 Å². The molecule has 14 heavy (non-hydrogen) atoms. The topological polar surface area (TPSA) is 24.5 Å². The third-order valence-corrected chi connectivity index (χ3v) is 2.77.